The average molecular weight is 265 g/mol. The van der Waals surface area contributed by atoms with Crippen molar-refractivity contribution < 1.29 is 9.90 Å². The third-order valence-electron chi connectivity index (χ3n) is 3.69. The second-order valence-corrected chi connectivity index (χ2v) is 6.10. The van der Waals surface area contributed by atoms with Crippen LogP contribution in [0.25, 0.3) is 0 Å². The third-order valence-corrected chi connectivity index (χ3v) is 5.11. The minimum absolute atomic E-state index is 0.334. The number of rotatable bonds is 5. The number of aromatic carboxylic acids is 1. The summed E-state index contributed by atoms with van der Waals surface area (Å²) < 4.78 is 0.367. The van der Waals surface area contributed by atoms with Gasteiger partial charge in [0.25, 0.3) is 0 Å². The molecule has 0 amide bonds. The summed E-state index contributed by atoms with van der Waals surface area (Å²) in [6.45, 7) is 0.959. The number of hydrogen-bond donors (Lipinski definition) is 2. The molecule has 4 heteroatoms. The molecule has 0 spiro atoms. The van der Waals surface area contributed by atoms with E-state index in [-0.39, 0.29) is 0 Å². The summed E-state index contributed by atoms with van der Waals surface area (Å²) in [5.74, 6) is -0.877. The smallest absolute Gasteiger partial charge is 0.335 e. The summed E-state index contributed by atoms with van der Waals surface area (Å²) in [6, 6.07) is 6.97. The van der Waals surface area contributed by atoms with Crippen molar-refractivity contribution in [2.45, 2.75) is 30.4 Å². The molecule has 1 aromatic carbocycles. The quantitative estimate of drug-likeness (QED) is 0.856. The molecule has 0 aliphatic heterocycles. The Hall–Kier alpha value is -1.16. The first-order chi connectivity index (χ1) is 8.65. The summed E-state index contributed by atoms with van der Waals surface area (Å²) >= 11 is 1.95. The van der Waals surface area contributed by atoms with Crippen molar-refractivity contribution in [1.82, 2.24) is 0 Å². The van der Waals surface area contributed by atoms with Gasteiger partial charge in [-0.2, -0.15) is 11.8 Å². The Bertz CT molecular complexity index is 410. The van der Waals surface area contributed by atoms with Gasteiger partial charge in [-0.05, 0) is 43.4 Å². The zero-order chi connectivity index (χ0) is 13.0. The second kappa shape index (κ2) is 5.65. The zero-order valence-electron chi connectivity index (χ0n) is 10.6. The Morgan fingerprint density at radius 1 is 1.33 bits per heavy atom. The fraction of sp³-hybridized carbons (Fsp3) is 0.500. The second-order valence-electron chi connectivity index (χ2n) is 4.83. The molecule has 2 N–H and O–H groups in total. The predicted octanol–water partition coefficient (Wildman–Crippen LogP) is 3.47. The van der Waals surface area contributed by atoms with Gasteiger partial charge in [0.05, 0.1) is 5.56 Å². The van der Waals surface area contributed by atoms with Gasteiger partial charge < -0.3 is 10.4 Å². The lowest BCUT2D eigenvalue weighted by atomic mass is 10.1. The molecule has 0 bridgehead atoms. The highest BCUT2D eigenvalue weighted by Gasteiger charge is 2.32. The highest BCUT2D eigenvalue weighted by atomic mass is 32.2. The third kappa shape index (κ3) is 2.99. The van der Waals surface area contributed by atoms with Crippen LogP contribution < -0.4 is 5.32 Å². The lowest BCUT2D eigenvalue weighted by molar-refractivity contribution is 0.0697. The first kappa shape index (κ1) is 13.3. The monoisotopic (exact) mass is 265 g/mol. The van der Waals surface area contributed by atoms with Crippen LogP contribution in [-0.4, -0.2) is 28.6 Å². The number of hydrogen-bond acceptors (Lipinski definition) is 3. The van der Waals surface area contributed by atoms with E-state index >= 15 is 0 Å². The normalized spacial score (nSPS) is 17.6. The molecule has 0 atom stereocenters. The Morgan fingerprint density at radius 3 is 2.44 bits per heavy atom. The first-order valence-electron chi connectivity index (χ1n) is 6.28. The van der Waals surface area contributed by atoms with Gasteiger partial charge in [-0.25, -0.2) is 4.79 Å². The molecule has 0 heterocycles. The maximum absolute atomic E-state index is 10.8. The van der Waals surface area contributed by atoms with Gasteiger partial charge in [0.1, 0.15) is 0 Å². The topological polar surface area (TPSA) is 49.3 Å². The largest absolute Gasteiger partial charge is 0.478 e. The SMILES string of the molecule is CSC1(CNc2ccc(C(=O)O)cc2)CCCC1. The maximum atomic E-state index is 10.8. The Balaban J connectivity index is 1.95. The highest BCUT2D eigenvalue weighted by molar-refractivity contribution is 8.00. The molecule has 0 unspecified atom stereocenters. The van der Waals surface area contributed by atoms with Gasteiger partial charge in [-0.3, -0.25) is 0 Å². The zero-order valence-corrected chi connectivity index (χ0v) is 11.4. The van der Waals surface area contributed by atoms with Gasteiger partial charge in [0.15, 0.2) is 0 Å². The molecule has 1 aliphatic carbocycles. The fourth-order valence-electron chi connectivity index (χ4n) is 2.47. The van der Waals surface area contributed by atoms with Gasteiger partial charge in [-0.1, -0.05) is 12.8 Å². The van der Waals surface area contributed by atoms with E-state index in [4.69, 9.17) is 5.11 Å². The number of carbonyl (C=O) groups is 1. The molecule has 1 fully saturated rings. The van der Waals surface area contributed by atoms with Gasteiger partial charge in [0, 0.05) is 17.0 Å². The van der Waals surface area contributed by atoms with Crippen molar-refractivity contribution in [1.29, 1.82) is 0 Å². The molecule has 0 aromatic heterocycles. The summed E-state index contributed by atoms with van der Waals surface area (Å²) in [5.41, 5.74) is 1.33. The van der Waals surface area contributed by atoms with Crippen molar-refractivity contribution in [2.75, 3.05) is 18.1 Å². The fourth-order valence-corrected chi connectivity index (χ4v) is 3.38. The number of benzene rings is 1. The van der Waals surface area contributed by atoms with Gasteiger partial charge >= 0.3 is 5.97 Å². The molecular weight excluding hydrogens is 246 g/mol. The minimum atomic E-state index is -0.877. The summed E-state index contributed by atoms with van der Waals surface area (Å²) in [4.78, 5) is 10.8. The molecular formula is C14H19NO2S. The van der Waals surface area contributed by atoms with Crippen molar-refractivity contribution >= 4 is 23.4 Å². The van der Waals surface area contributed by atoms with Crippen LogP contribution in [0.5, 0.6) is 0 Å². The van der Waals surface area contributed by atoms with Gasteiger partial charge in [0.2, 0.25) is 0 Å². The Kier molecular flexibility index (Phi) is 4.17. The maximum Gasteiger partial charge on any atom is 0.335 e. The standard InChI is InChI=1S/C14H19NO2S/c1-18-14(8-2-3-9-14)10-15-12-6-4-11(5-7-12)13(16)17/h4-7,15H,2-3,8-10H2,1H3,(H,16,17). The van der Waals surface area contributed by atoms with E-state index in [1.165, 1.54) is 25.7 Å². The predicted molar refractivity (Wildman–Crippen MR) is 76.6 cm³/mol. The summed E-state index contributed by atoms with van der Waals surface area (Å²) in [5, 5.41) is 12.3. The Labute approximate surface area is 112 Å². The molecule has 1 aliphatic rings. The van der Waals surface area contributed by atoms with Crippen molar-refractivity contribution in [3.63, 3.8) is 0 Å². The van der Waals surface area contributed by atoms with E-state index in [0.29, 0.717) is 10.3 Å². The molecule has 1 aromatic rings. The van der Waals surface area contributed by atoms with Crippen LogP contribution in [0.2, 0.25) is 0 Å². The lowest BCUT2D eigenvalue weighted by Gasteiger charge is -2.27. The van der Waals surface area contributed by atoms with Crippen LogP contribution in [0.15, 0.2) is 24.3 Å². The van der Waals surface area contributed by atoms with E-state index in [0.717, 1.165) is 12.2 Å². The molecule has 0 radical (unpaired) electrons. The molecule has 1 saturated carbocycles. The van der Waals surface area contributed by atoms with Crippen LogP contribution in [-0.2, 0) is 0 Å². The molecule has 3 nitrogen and oxygen atoms in total. The Morgan fingerprint density at radius 2 is 1.94 bits per heavy atom. The lowest BCUT2D eigenvalue weighted by Crippen LogP contribution is -2.29. The van der Waals surface area contributed by atoms with E-state index in [2.05, 4.69) is 11.6 Å². The number of carboxylic acid groups (broad SMARTS) is 1. The summed E-state index contributed by atoms with van der Waals surface area (Å²) in [6.07, 6.45) is 7.37. The molecule has 0 saturated heterocycles. The highest BCUT2D eigenvalue weighted by Crippen LogP contribution is 2.40. The van der Waals surface area contributed by atoms with E-state index < -0.39 is 5.97 Å². The van der Waals surface area contributed by atoms with Crippen LogP contribution >= 0.6 is 11.8 Å². The molecule has 18 heavy (non-hydrogen) atoms. The van der Waals surface area contributed by atoms with E-state index in [1.54, 1.807) is 12.1 Å². The minimum Gasteiger partial charge on any atom is -0.478 e. The number of nitrogens with one attached hydrogen (secondary N) is 1. The average Bonchev–Trinajstić information content (AvgIpc) is 2.86. The van der Waals surface area contributed by atoms with E-state index in [9.17, 15) is 4.79 Å². The summed E-state index contributed by atoms with van der Waals surface area (Å²) in [7, 11) is 0. The van der Waals surface area contributed by atoms with Crippen LogP contribution in [0.4, 0.5) is 5.69 Å². The number of carboxylic acids is 1. The van der Waals surface area contributed by atoms with Crippen molar-refractivity contribution in [3.8, 4) is 0 Å². The van der Waals surface area contributed by atoms with Crippen LogP contribution in [0, 0.1) is 0 Å². The number of anilines is 1. The van der Waals surface area contributed by atoms with Crippen LogP contribution in [0.3, 0.4) is 0 Å². The molecule has 2 rings (SSSR count). The molecule has 98 valence electrons. The van der Waals surface area contributed by atoms with Crippen LogP contribution in [0.1, 0.15) is 36.0 Å². The van der Waals surface area contributed by atoms with Gasteiger partial charge in [-0.15, -0.1) is 0 Å². The first-order valence-corrected chi connectivity index (χ1v) is 7.50. The van der Waals surface area contributed by atoms with Crippen molar-refractivity contribution in [3.05, 3.63) is 29.8 Å². The van der Waals surface area contributed by atoms with E-state index in [1.807, 2.05) is 23.9 Å². The van der Waals surface area contributed by atoms with Crippen molar-refractivity contribution in [2.24, 2.45) is 0 Å². The number of thioether (sulfide) groups is 1.